The van der Waals surface area contributed by atoms with Crippen molar-refractivity contribution < 1.29 is 14.7 Å². The number of hydrogen-bond donors (Lipinski definition) is 1. The van der Waals surface area contributed by atoms with Gasteiger partial charge in [-0.3, -0.25) is 9.59 Å². The molecule has 3 heterocycles. The van der Waals surface area contributed by atoms with Gasteiger partial charge >= 0.3 is 5.97 Å². The van der Waals surface area contributed by atoms with Crippen LogP contribution in [0.25, 0.3) is 5.82 Å². The summed E-state index contributed by atoms with van der Waals surface area (Å²) in [5, 5.41) is 13.7. The molecule has 1 saturated heterocycles. The number of carbonyl (C=O) groups excluding carboxylic acids is 1. The van der Waals surface area contributed by atoms with Crippen LogP contribution in [-0.2, 0) is 4.79 Å². The molecule has 126 valence electrons. The van der Waals surface area contributed by atoms with Gasteiger partial charge in [-0.25, -0.2) is 9.67 Å². The second-order valence-corrected chi connectivity index (χ2v) is 6.32. The number of pyridine rings is 1. The van der Waals surface area contributed by atoms with Gasteiger partial charge in [0.25, 0.3) is 5.91 Å². The minimum atomic E-state index is -0.888. The molecule has 8 heteroatoms. The maximum absolute atomic E-state index is 12.7. The van der Waals surface area contributed by atoms with Gasteiger partial charge in [0.05, 0.1) is 16.6 Å². The van der Waals surface area contributed by atoms with Crippen molar-refractivity contribution in [1.82, 2.24) is 19.7 Å². The lowest BCUT2D eigenvalue weighted by Crippen LogP contribution is -2.31. The van der Waals surface area contributed by atoms with E-state index >= 15 is 0 Å². The number of carboxylic acid groups (broad SMARTS) is 1. The van der Waals surface area contributed by atoms with Gasteiger partial charge < -0.3 is 10.0 Å². The summed E-state index contributed by atoms with van der Waals surface area (Å²) in [6.45, 7) is 4.34. The summed E-state index contributed by atoms with van der Waals surface area (Å²) in [6.07, 6.45) is 0.440. The van der Waals surface area contributed by atoms with E-state index in [1.54, 1.807) is 16.8 Å². The van der Waals surface area contributed by atoms with Gasteiger partial charge in [0.2, 0.25) is 0 Å². The number of aryl methyl sites for hydroxylation is 2. The van der Waals surface area contributed by atoms with E-state index in [9.17, 15) is 9.59 Å². The lowest BCUT2D eigenvalue weighted by molar-refractivity contribution is -0.141. The SMILES string of the molecule is Cc1cc(C)n(-c2ccc(Cl)c(C(=O)N3CCC(C(=O)O)C3)n2)n1. The summed E-state index contributed by atoms with van der Waals surface area (Å²) in [7, 11) is 0. The number of likely N-dealkylation sites (tertiary alicyclic amines) is 1. The number of halogens is 1. The number of aliphatic carboxylic acids is 1. The highest BCUT2D eigenvalue weighted by atomic mass is 35.5. The molecular weight excluding hydrogens is 332 g/mol. The van der Waals surface area contributed by atoms with E-state index in [1.807, 2.05) is 19.9 Å². The maximum Gasteiger partial charge on any atom is 0.308 e. The molecule has 1 aliphatic rings. The molecule has 2 aromatic heterocycles. The van der Waals surface area contributed by atoms with E-state index in [2.05, 4.69) is 10.1 Å². The van der Waals surface area contributed by atoms with E-state index in [-0.39, 0.29) is 23.2 Å². The molecule has 0 saturated carbocycles. The third kappa shape index (κ3) is 2.99. The third-order valence-electron chi connectivity index (χ3n) is 4.09. The number of hydrogen-bond acceptors (Lipinski definition) is 4. The molecule has 3 rings (SSSR count). The minimum Gasteiger partial charge on any atom is -0.481 e. The second kappa shape index (κ2) is 6.24. The Morgan fingerprint density at radius 3 is 2.67 bits per heavy atom. The summed E-state index contributed by atoms with van der Waals surface area (Å²) in [6, 6.07) is 5.22. The van der Waals surface area contributed by atoms with Crippen LogP contribution in [0.3, 0.4) is 0 Å². The molecular formula is C16H17ClN4O3. The largest absolute Gasteiger partial charge is 0.481 e. The van der Waals surface area contributed by atoms with Crippen molar-refractivity contribution in [1.29, 1.82) is 0 Å². The average molecular weight is 349 g/mol. The summed E-state index contributed by atoms with van der Waals surface area (Å²) in [5.41, 5.74) is 1.86. The maximum atomic E-state index is 12.7. The van der Waals surface area contributed by atoms with Crippen molar-refractivity contribution in [3.05, 3.63) is 40.3 Å². The van der Waals surface area contributed by atoms with Crippen LogP contribution in [0.5, 0.6) is 0 Å². The van der Waals surface area contributed by atoms with E-state index in [4.69, 9.17) is 16.7 Å². The molecule has 1 unspecified atom stereocenters. The van der Waals surface area contributed by atoms with E-state index < -0.39 is 11.9 Å². The summed E-state index contributed by atoms with van der Waals surface area (Å²) in [4.78, 5) is 29.6. The van der Waals surface area contributed by atoms with Crippen molar-refractivity contribution >= 4 is 23.5 Å². The topological polar surface area (TPSA) is 88.3 Å². The van der Waals surface area contributed by atoms with Crippen molar-refractivity contribution in [2.45, 2.75) is 20.3 Å². The van der Waals surface area contributed by atoms with Crippen molar-refractivity contribution in [3.63, 3.8) is 0 Å². The van der Waals surface area contributed by atoms with Crippen LogP contribution in [0.4, 0.5) is 0 Å². The Balaban J connectivity index is 1.91. The smallest absolute Gasteiger partial charge is 0.308 e. The molecule has 1 aliphatic heterocycles. The van der Waals surface area contributed by atoms with E-state index in [0.717, 1.165) is 11.4 Å². The molecule has 1 N–H and O–H groups in total. The summed E-state index contributed by atoms with van der Waals surface area (Å²) in [5.74, 6) is -1.28. The van der Waals surface area contributed by atoms with Gasteiger partial charge in [-0.15, -0.1) is 0 Å². The average Bonchev–Trinajstić information content (AvgIpc) is 3.14. The fraction of sp³-hybridized carbons (Fsp3) is 0.375. The first kappa shape index (κ1) is 16.4. The molecule has 0 spiro atoms. The third-order valence-corrected chi connectivity index (χ3v) is 4.39. The van der Waals surface area contributed by atoms with Crippen molar-refractivity contribution in [2.75, 3.05) is 13.1 Å². The standard InChI is InChI=1S/C16H17ClN4O3/c1-9-7-10(2)21(19-9)13-4-3-12(17)14(18-13)15(22)20-6-5-11(8-20)16(23)24/h3-4,7,11H,5-6,8H2,1-2H3,(H,23,24). The first-order chi connectivity index (χ1) is 11.4. The van der Waals surface area contributed by atoms with Gasteiger partial charge in [-0.05, 0) is 38.5 Å². The van der Waals surface area contributed by atoms with Crippen LogP contribution in [-0.4, -0.2) is 49.7 Å². The van der Waals surface area contributed by atoms with Gasteiger partial charge in [0.15, 0.2) is 5.82 Å². The number of nitrogens with zero attached hydrogens (tertiary/aromatic N) is 4. The van der Waals surface area contributed by atoms with Crippen LogP contribution < -0.4 is 0 Å². The Bertz CT molecular complexity index is 818. The highest BCUT2D eigenvalue weighted by molar-refractivity contribution is 6.33. The fourth-order valence-corrected chi connectivity index (χ4v) is 3.04. The Morgan fingerprint density at radius 1 is 1.33 bits per heavy atom. The van der Waals surface area contributed by atoms with E-state index in [0.29, 0.717) is 18.8 Å². The number of amides is 1. The molecule has 0 bridgehead atoms. The summed E-state index contributed by atoms with van der Waals surface area (Å²) >= 11 is 6.14. The predicted molar refractivity (Wildman–Crippen MR) is 87.5 cm³/mol. The monoisotopic (exact) mass is 348 g/mol. The van der Waals surface area contributed by atoms with Gasteiger partial charge in [0.1, 0.15) is 5.69 Å². The molecule has 2 aromatic rings. The van der Waals surface area contributed by atoms with Crippen LogP contribution in [0.2, 0.25) is 5.02 Å². The molecule has 1 fully saturated rings. The normalized spacial score (nSPS) is 17.3. The highest BCUT2D eigenvalue weighted by Crippen LogP contribution is 2.23. The Labute approximate surface area is 143 Å². The van der Waals surface area contributed by atoms with Crippen molar-refractivity contribution in [3.8, 4) is 5.82 Å². The lowest BCUT2D eigenvalue weighted by atomic mass is 10.1. The first-order valence-electron chi connectivity index (χ1n) is 7.59. The molecule has 0 aliphatic carbocycles. The highest BCUT2D eigenvalue weighted by Gasteiger charge is 2.32. The molecule has 1 atom stereocenters. The second-order valence-electron chi connectivity index (χ2n) is 5.91. The fourth-order valence-electron chi connectivity index (χ4n) is 2.86. The van der Waals surface area contributed by atoms with Gasteiger partial charge in [-0.1, -0.05) is 11.6 Å². The predicted octanol–water partition coefficient (Wildman–Crippen LogP) is 2.08. The van der Waals surface area contributed by atoms with Crippen LogP contribution in [0.15, 0.2) is 18.2 Å². The summed E-state index contributed by atoms with van der Waals surface area (Å²) < 4.78 is 1.65. The van der Waals surface area contributed by atoms with Crippen LogP contribution in [0, 0.1) is 19.8 Å². The van der Waals surface area contributed by atoms with Crippen molar-refractivity contribution in [2.24, 2.45) is 5.92 Å². The molecule has 0 radical (unpaired) electrons. The first-order valence-corrected chi connectivity index (χ1v) is 7.97. The van der Waals surface area contributed by atoms with Crippen LogP contribution >= 0.6 is 11.6 Å². The zero-order valence-corrected chi connectivity index (χ0v) is 14.1. The van der Waals surface area contributed by atoms with Gasteiger partial charge in [0, 0.05) is 18.8 Å². The quantitative estimate of drug-likeness (QED) is 0.917. The molecule has 1 amide bonds. The zero-order valence-electron chi connectivity index (χ0n) is 13.4. The lowest BCUT2D eigenvalue weighted by Gasteiger charge is -2.16. The zero-order chi connectivity index (χ0) is 17.4. The molecule has 0 aromatic carbocycles. The number of carbonyl (C=O) groups is 2. The van der Waals surface area contributed by atoms with Gasteiger partial charge in [-0.2, -0.15) is 5.10 Å². The number of aromatic nitrogens is 3. The van der Waals surface area contributed by atoms with Crippen LogP contribution in [0.1, 0.15) is 28.3 Å². The number of carboxylic acids is 1. The Hall–Kier alpha value is -2.41. The number of rotatable bonds is 3. The Kier molecular flexibility index (Phi) is 4.28. The Morgan fingerprint density at radius 2 is 2.08 bits per heavy atom. The van der Waals surface area contributed by atoms with E-state index in [1.165, 1.54) is 4.90 Å². The molecule has 7 nitrogen and oxygen atoms in total. The minimum absolute atomic E-state index is 0.118. The molecule has 24 heavy (non-hydrogen) atoms.